The van der Waals surface area contributed by atoms with Crippen LogP contribution in [-0.4, -0.2) is 55.3 Å². The predicted molar refractivity (Wildman–Crippen MR) is 71.8 cm³/mol. The van der Waals surface area contributed by atoms with Crippen molar-refractivity contribution in [1.29, 1.82) is 0 Å². The molecule has 1 rings (SSSR count). The molecule has 1 heterocycles. The molecule has 0 aromatic carbocycles. The van der Waals surface area contributed by atoms with Crippen molar-refractivity contribution in [3.63, 3.8) is 0 Å². The average molecular weight is 264 g/mol. The third-order valence-corrected chi connectivity index (χ3v) is 3.26. The van der Waals surface area contributed by atoms with Crippen LogP contribution in [0, 0.1) is 0 Å². The van der Waals surface area contributed by atoms with Gasteiger partial charge in [-0.3, -0.25) is 4.90 Å². The molecule has 17 heavy (non-hydrogen) atoms. The molecule has 1 aliphatic heterocycles. The molecule has 1 saturated heterocycles. The first-order valence-corrected chi connectivity index (χ1v) is 7.14. The summed E-state index contributed by atoms with van der Waals surface area (Å²) in [6, 6.07) is 0. The number of hydrogen-bond acceptors (Lipinski definition) is 3. The quantitative estimate of drug-likeness (QED) is 0.520. The SMILES string of the molecule is CCCCOCCN1CC(CCl)OC(C)(C)C1. The van der Waals surface area contributed by atoms with Gasteiger partial charge in [-0.05, 0) is 20.3 Å². The van der Waals surface area contributed by atoms with Gasteiger partial charge in [-0.25, -0.2) is 0 Å². The molecule has 0 amide bonds. The summed E-state index contributed by atoms with van der Waals surface area (Å²) in [5.74, 6) is 0.566. The van der Waals surface area contributed by atoms with Crippen molar-refractivity contribution >= 4 is 11.6 Å². The van der Waals surface area contributed by atoms with E-state index in [1.807, 2.05) is 0 Å². The Balaban J connectivity index is 2.23. The summed E-state index contributed by atoms with van der Waals surface area (Å²) >= 11 is 5.89. The highest BCUT2D eigenvalue weighted by Gasteiger charge is 2.32. The second-order valence-corrected chi connectivity index (χ2v) is 5.66. The maximum atomic E-state index is 5.89. The minimum absolute atomic E-state index is 0.0960. The van der Waals surface area contributed by atoms with Gasteiger partial charge in [-0.15, -0.1) is 11.6 Å². The molecule has 1 unspecified atom stereocenters. The van der Waals surface area contributed by atoms with Crippen LogP contribution in [0.5, 0.6) is 0 Å². The van der Waals surface area contributed by atoms with E-state index in [-0.39, 0.29) is 11.7 Å². The molecule has 0 radical (unpaired) electrons. The fourth-order valence-electron chi connectivity index (χ4n) is 2.21. The van der Waals surface area contributed by atoms with Gasteiger partial charge in [-0.1, -0.05) is 13.3 Å². The van der Waals surface area contributed by atoms with E-state index in [9.17, 15) is 0 Å². The van der Waals surface area contributed by atoms with Crippen LogP contribution in [0.25, 0.3) is 0 Å². The summed E-state index contributed by atoms with van der Waals surface area (Å²) in [5, 5.41) is 0. The molecule has 102 valence electrons. The lowest BCUT2D eigenvalue weighted by atomic mass is 10.1. The topological polar surface area (TPSA) is 21.7 Å². The van der Waals surface area contributed by atoms with Gasteiger partial charge in [0, 0.05) is 32.1 Å². The third kappa shape index (κ3) is 6.05. The Morgan fingerprint density at radius 3 is 2.82 bits per heavy atom. The van der Waals surface area contributed by atoms with E-state index >= 15 is 0 Å². The van der Waals surface area contributed by atoms with Crippen molar-refractivity contribution in [2.75, 3.05) is 38.7 Å². The van der Waals surface area contributed by atoms with Gasteiger partial charge in [0.25, 0.3) is 0 Å². The van der Waals surface area contributed by atoms with Gasteiger partial charge in [0.15, 0.2) is 0 Å². The molecule has 1 fully saturated rings. The van der Waals surface area contributed by atoms with Gasteiger partial charge in [0.05, 0.1) is 18.3 Å². The van der Waals surface area contributed by atoms with E-state index in [0.29, 0.717) is 5.88 Å². The molecule has 1 aliphatic rings. The van der Waals surface area contributed by atoms with Crippen molar-refractivity contribution < 1.29 is 9.47 Å². The van der Waals surface area contributed by atoms with Crippen LogP contribution in [0.1, 0.15) is 33.6 Å². The Hall–Kier alpha value is 0.170. The number of unbranched alkanes of at least 4 members (excludes halogenated alkanes) is 1. The lowest BCUT2D eigenvalue weighted by Crippen LogP contribution is -2.53. The zero-order chi connectivity index (χ0) is 12.7. The van der Waals surface area contributed by atoms with Crippen molar-refractivity contribution in [2.45, 2.75) is 45.3 Å². The molecule has 0 aromatic heterocycles. The second-order valence-electron chi connectivity index (χ2n) is 5.35. The van der Waals surface area contributed by atoms with Crippen molar-refractivity contribution in [3.05, 3.63) is 0 Å². The van der Waals surface area contributed by atoms with Crippen LogP contribution < -0.4 is 0 Å². The number of alkyl halides is 1. The van der Waals surface area contributed by atoms with E-state index in [1.54, 1.807) is 0 Å². The number of morpholine rings is 1. The molecule has 0 saturated carbocycles. The van der Waals surface area contributed by atoms with E-state index in [1.165, 1.54) is 6.42 Å². The minimum atomic E-state index is -0.0960. The van der Waals surface area contributed by atoms with Gasteiger partial charge >= 0.3 is 0 Å². The predicted octanol–water partition coefficient (Wildman–Crippen LogP) is 2.52. The largest absolute Gasteiger partial charge is 0.380 e. The maximum Gasteiger partial charge on any atom is 0.0844 e. The molecule has 4 heteroatoms. The molecule has 0 aromatic rings. The van der Waals surface area contributed by atoms with Crippen molar-refractivity contribution in [1.82, 2.24) is 4.90 Å². The first kappa shape index (κ1) is 15.2. The van der Waals surface area contributed by atoms with Crippen LogP contribution in [0.3, 0.4) is 0 Å². The molecular weight excluding hydrogens is 238 g/mol. The first-order chi connectivity index (χ1) is 8.07. The molecule has 0 bridgehead atoms. The monoisotopic (exact) mass is 263 g/mol. The molecule has 0 spiro atoms. The third-order valence-electron chi connectivity index (χ3n) is 2.92. The fraction of sp³-hybridized carbons (Fsp3) is 1.00. The van der Waals surface area contributed by atoms with E-state index in [0.717, 1.165) is 39.3 Å². The summed E-state index contributed by atoms with van der Waals surface area (Å²) in [6.07, 6.45) is 2.49. The molecule has 3 nitrogen and oxygen atoms in total. The number of hydrogen-bond donors (Lipinski definition) is 0. The lowest BCUT2D eigenvalue weighted by molar-refractivity contribution is -0.130. The highest BCUT2D eigenvalue weighted by Crippen LogP contribution is 2.21. The number of ether oxygens (including phenoxy) is 2. The van der Waals surface area contributed by atoms with Gasteiger partial charge in [0.1, 0.15) is 0 Å². The van der Waals surface area contributed by atoms with Gasteiger partial charge < -0.3 is 9.47 Å². The second kappa shape index (κ2) is 7.57. The van der Waals surface area contributed by atoms with E-state index in [4.69, 9.17) is 21.1 Å². The van der Waals surface area contributed by atoms with Crippen LogP contribution in [0.15, 0.2) is 0 Å². The van der Waals surface area contributed by atoms with E-state index in [2.05, 4.69) is 25.7 Å². The number of halogens is 1. The Bertz CT molecular complexity index is 212. The standard InChI is InChI=1S/C13H26ClNO2/c1-4-5-7-16-8-6-15-10-12(9-14)17-13(2,3)11-15/h12H,4-11H2,1-3H3. The van der Waals surface area contributed by atoms with E-state index < -0.39 is 0 Å². The highest BCUT2D eigenvalue weighted by atomic mass is 35.5. The Morgan fingerprint density at radius 2 is 2.18 bits per heavy atom. The van der Waals surface area contributed by atoms with Crippen LogP contribution in [-0.2, 0) is 9.47 Å². The van der Waals surface area contributed by atoms with Crippen LogP contribution in [0.2, 0.25) is 0 Å². The van der Waals surface area contributed by atoms with Crippen LogP contribution in [0.4, 0.5) is 0 Å². The summed E-state index contributed by atoms with van der Waals surface area (Å²) in [5.41, 5.74) is -0.0960. The molecular formula is C13H26ClNO2. The summed E-state index contributed by atoms with van der Waals surface area (Å²) in [6.45, 7) is 11.0. The van der Waals surface area contributed by atoms with Gasteiger partial charge in [-0.2, -0.15) is 0 Å². The minimum Gasteiger partial charge on any atom is -0.380 e. The Morgan fingerprint density at radius 1 is 1.41 bits per heavy atom. The average Bonchev–Trinajstić information content (AvgIpc) is 2.26. The molecule has 0 aliphatic carbocycles. The fourth-order valence-corrected chi connectivity index (χ4v) is 2.37. The van der Waals surface area contributed by atoms with Gasteiger partial charge in [0.2, 0.25) is 0 Å². The maximum absolute atomic E-state index is 5.89. The Labute approximate surface area is 110 Å². The highest BCUT2D eigenvalue weighted by molar-refractivity contribution is 6.18. The number of rotatable bonds is 7. The first-order valence-electron chi connectivity index (χ1n) is 6.61. The van der Waals surface area contributed by atoms with Crippen molar-refractivity contribution in [2.24, 2.45) is 0 Å². The summed E-state index contributed by atoms with van der Waals surface area (Å²) < 4.78 is 11.5. The normalized spacial score (nSPS) is 25.1. The molecule has 0 N–H and O–H groups in total. The summed E-state index contributed by atoms with van der Waals surface area (Å²) in [4.78, 5) is 2.39. The zero-order valence-corrected chi connectivity index (χ0v) is 12.1. The zero-order valence-electron chi connectivity index (χ0n) is 11.4. The summed E-state index contributed by atoms with van der Waals surface area (Å²) in [7, 11) is 0. The smallest absolute Gasteiger partial charge is 0.0844 e. The van der Waals surface area contributed by atoms with Crippen LogP contribution >= 0.6 is 11.6 Å². The molecule has 1 atom stereocenters. The Kier molecular flexibility index (Phi) is 6.78. The van der Waals surface area contributed by atoms with Crippen molar-refractivity contribution in [3.8, 4) is 0 Å². The number of nitrogens with zero attached hydrogens (tertiary/aromatic N) is 1. The lowest BCUT2D eigenvalue weighted by Gasteiger charge is -2.42.